The van der Waals surface area contributed by atoms with Crippen LogP contribution in [0.1, 0.15) is 27.2 Å². The van der Waals surface area contributed by atoms with Crippen LogP contribution in [0.15, 0.2) is 0 Å². The summed E-state index contributed by atoms with van der Waals surface area (Å²) in [5.74, 6) is 0.609. The molecule has 0 bridgehead atoms. The number of hydrogen-bond donors (Lipinski definition) is 0. The van der Waals surface area contributed by atoms with Crippen LogP contribution < -0.4 is 0 Å². The van der Waals surface area contributed by atoms with E-state index in [1.165, 1.54) is 0 Å². The molecular formula is C11H21NO2. The van der Waals surface area contributed by atoms with Gasteiger partial charge in [-0.05, 0) is 13.8 Å². The highest BCUT2D eigenvalue weighted by molar-refractivity contribution is 5.82. The lowest BCUT2D eigenvalue weighted by Gasteiger charge is -2.35. The number of piperidine rings is 1. The number of Topliss-reactive ketones (excluding diaryl/α,β-unsaturated/α-hetero) is 1. The van der Waals surface area contributed by atoms with Gasteiger partial charge in [0.1, 0.15) is 5.78 Å². The Labute approximate surface area is 86.4 Å². The fraction of sp³-hybridized carbons (Fsp3) is 0.909. The molecular weight excluding hydrogens is 178 g/mol. The topological polar surface area (TPSA) is 29.5 Å². The van der Waals surface area contributed by atoms with Crippen LogP contribution in [0.4, 0.5) is 0 Å². The number of ether oxygens (including phenoxy) is 1. The molecule has 3 heteroatoms. The van der Waals surface area contributed by atoms with Gasteiger partial charge in [-0.25, -0.2) is 0 Å². The average molecular weight is 199 g/mol. The molecule has 0 aromatic carbocycles. The quantitative estimate of drug-likeness (QED) is 0.640. The van der Waals surface area contributed by atoms with Crippen LogP contribution in [0.2, 0.25) is 0 Å². The van der Waals surface area contributed by atoms with Gasteiger partial charge in [-0.1, -0.05) is 6.92 Å². The molecule has 82 valence electrons. The Hall–Kier alpha value is -0.410. The highest BCUT2D eigenvalue weighted by Gasteiger charge is 2.28. The number of ketones is 1. The van der Waals surface area contributed by atoms with Gasteiger partial charge >= 0.3 is 0 Å². The number of nitrogens with zero attached hydrogens (tertiary/aromatic N) is 1. The summed E-state index contributed by atoms with van der Waals surface area (Å²) in [4.78, 5) is 13.8. The first kappa shape index (κ1) is 11.7. The smallest absolute Gasteiger partial charge is 0.138 e. The lowest BCUT2D eigenvalue weighted by atomic mass is 9.94. The fourth-order valence-electron chi connectivity index (χ4n) is 1.89. The van der Waals surface area contributed by atoms with E-state index in [-0.39, 0.29) is 5.92 Å². The van der Waals surface area contributed by atoms with E-state index in [4.69, 9.17) is 4.74 Å². The molecule has 0 saturated carbocycles. The zero-order chi connectivity index (χ0) is 10.6. The predicted molar refractivity (Wildman–Crippen MR) is 56.3 cm³/mol. The summed E-state index contributed by atoms with van der Waals surface area (Å²) >= 11 is 0. The number of rotatable bonds is 4. The SMILES string of the molecule is CCOCCN1CC(C)C(=O)CC1C. The van der Waals surface area contributed by atoms with E-state index in [1.54, 1.807) is 0 Å². The average Bonchev–Trinajstić information content (AvgIpc) is 2.14. The molecule has 0 spiro atoms. The molecule has 0 radical (unpaired) electrons. The monoisotopic (exact) mass is 199 g/mol. The maximum Gasteiger partial charge on any atom is 0.138 e. The molecule has 1 heterocycles. The van der Waals surface area contributed by atoms with Gasteiger partial charge in [-0.15, -0.1) is 0 Å². The number of carbonyl (C=O) groups is 1. The van der Waals surface area contributed by atoms with Crippen molar-refractivity contribution < 1.29 is 9.53 Å². The molecule has 1 aliphatic rings. The van der Waals surface area contributed by atoms with Crippen molar-refractivity contribution in [1.82, 2.24) is 4.90 Å². The highest BCUT2D eigenvalue weighted by atomic mass is 16.5. The van der Waals surface area contributed by atoms with Crippen LogP contribution in [-0.2, 0) is 9.53 Å². The Kier molecular flexibility index (Phi) is 4.55. The predicted octanol–water partition coefficient (Wildman–Crippen LogP) is 1.32. The summed E-state index contributed by atoms with van der Waals surface area (Å²) in [6.45, 7) is 9.54. The third-order valence-corrected chi connectivity index (χ3v) is 2.90. The number of carbonyl (C=O) groups excluding carboxylic acids is 1. The Morgan fingerprint density at radius 3 is 2.86 bits per heavy atom. The molecule has 1 rings (SSSR count). The molecule has 0 aromatic heterocycles. The fourth-order valence-corrected chi connectivity index (χ4v) is 1.89. The molecule has 1 fully saturated rings. The van der Waals surface area contributed by atoms with E-state index in [0.717, 1.165) is 26.3 Å². The van der Waals surface area contributed by atoms with Gasteiger partial charge in [-0.3, -0.25) is 9.69 Å². The van der Waals surface area contributed by atoms with Crippen molar-refractivity contribution in [3.63, 3.8) is 0 Å². The first-order valence-electron chi connectivity index (χ1n) is 5.49. The van der Waals surface area contributed by atoms with Gasteiger partial charge < -0.3 is 4.74 Å². The van der Waals surface area contributed by atoms with Crippen molar-refractivity contribution in [3.8, 4) is 0 Å². The molecule has 0 aromatic rings. The van der Waals surface area contributed by atoms with Gasteiger partial charge in [0.25, 0.3) is 0 Å². The molecule has 2 unspecified atom stereocenters. The summed E-state index contributed by atoms with van der Waals surface area (Å²) in [7, 11) is 0. The first-order chi connectivity index (χ1) is 6.65. The lowest BCUT2D eigenvalue weighted by Crippen LogP contribution is -2.46. The van der Waals surface area contributed by atoms with Crippen molar-refractivity contribution in [2.75, 3.05) is 26.3 Å². The van der Waals surface area contributed by atoms with Crippen molar-refractivity contribution >= 4 is 5.78 Å². The molecule has 14 heavy (non-hydrogen) atoms. The number of likely N-dealkylation sites (tertiary alicyclic amines) is 1. The summed E-state index contributed by atoms with van der Waals surface area (Å²) in [5, 5.41) is 0. The first-order valence-corrected chi connectivity index (χ1v) is 5.49. The lowest BCUT2D eigenvalue weighted by molar-refractivity contribution is -0.127. The minimum absolute atomic E-state index is 0.202. The zero-order valence-corrected chi connectivity index (χ0v) is 9.45. The van der Waals surface area contributed by atoms with E-state index < -0.39 is 0 Å². The van der Waals surface area contributed by atoms with Crippen LogP contribution in [0.25, 0.3) is 0 Å². The van der Waals surface area contributed by atoms with Crippen LogP contribution in [0, 0.1) is 5.92 Å². The molecule has 0 N–H and O–H groups in total. The van der Waals surface area contributed by atoms with E-state index in [2.05, 4.69) is 11.8 Å². The van der Waals surface area contributed by atoms with Gasteiger partial charge in [-0.2, -0.15) is 0 Å². The number of hydrogen-bond acceptors (Lipinski definition) is 3. The summed E-state index contributed by atoms with van der Waals surface area (Å²) in [6.07, 6.45) is 0.702. The third kappa shape index (κ3) is 3.07. The molecule has 2 atom stereocenters. The van der Waals surface area contributed by atoms with Crippen LogP contribution in [-0.4, -0.2) is 43.0 Å². The Morgan fingerprint density at radius 2 is 2.21 bits per heavy atom. The summed E-state index contributed by atoms with van der Waals surface area (Å²) in [6, 6.07) is 0.388. The Balaban J connectivity index is 2.33. The Bertz CT molecular complexity index is 194. The molecule has 1 saturated heterocycles. The maximum absolute atomic E-state index is 11.4. The molecule has 0 amide bonds. The van der Waals surface area contributed by atoms with Gasteiger partial charge in [0.2, 0.25) is 0 Å². The van der Waals surface area contributed by atoms with E-state index >= 15 is 0 Å². The van der Waals surface area contributed by atoms with Gasteiger partial charge in [0.05, 0.1) is 6.61 Å². The largest absolute Gasteiger partial charge is 0.380 e. The van der Waals surface area contributed by atoms with Crippen molar-refractivity contribution in [1.29, 1.82) is 0 Å². The van der Waals surface area contributed by atoms with Crippen LogP contribution >= 0.6 is 0 Å². The molecule has 0 aliphatic carbocycles. The van der Waals surface area contributed by atoms with E-state index in [0.29, 0.717) is 18.2 Å². The van der Waals surface area contributed by atoms with Gasteiger partial charge in [0, 0.05) is 38.1 Å². The van der Waals surface area contributed by atoms with E-state index in [1.807, 2.05) is 13.8 Å². The minimum atomic E-state index is 0.202. The standard InChI is InChI=1S/C11H21NO2/c1-4-14-6-5-12-8-9(2)11(13)7-10(12)3/h9-10H,4-8H2,1-3H3. The second-order valence-corrected chi connectivity index (χ2v) is 4.11. The van der Waals surface area contributed by atoms with Crippen LogP contribution in [0.3, 0.4) is 0 Å². The van der Waals surface area contributed by atoms with Crippen LogP contribution in [0.5, 0.6) is 0 Å². The third-order valence-electron chi connectivity index (χ3n) is 2.90. The van der Waals surface area contributed by atoms with E-state index in [9.17, 15) is 4.79 Å². The second kappa shape index (κ2) is 5.47. The van der Waals surface area contributed by atoms with Crippen molar-refractivity contribution in [3.05, 3.63) is 0 Å². The minimum Gasteiger partial charge on any atom is -0.380 e. The Morgan fingerprint density at radius 1 is 1.50 bits per heavy atom. The normalized spacial score (nSPS) is 29.5. The van der Waals surface area contributed by atoms with Crippen molar-refractivity contribution in [2.45, 2.75) is 33.2 Å². The maximum atomic E-state index is 11.4. The molecule has 3 nitrogen and oxygen atoms in total. The van der Waals surface area contributed by atoms with Gasteiger partial charge in [0.15, 0.2) is 0 Å². The summed E-state index contributed by atoms with van der Waals surface area (Å²) < 4.78 is 5.32. The summed E-state index contributed by atoms with van der Waals surface area (Å²) in [5.41, 5.74) is 0. The molecule has 1 aliphatic heterocycles. The second-order valence-electron chi connectivity index (χ2n) is 4.11. The zero-order valence-electron chi connectivity index (χ0n) is 9.45. The highest BCUT2D eigenvalue weighted by Crippen LogP contribution is 2.17. The van der Waals surface area contributed by atoms with Crippen molar-refractivity contribution in [2.24, 2.45) is 5.92 Å².